The van der Waals surface area contributed by atoms with Gasteiger partial charge in [-0.15, -0.1) is 0 Å². The van der Waals surface area contributed by atoms with E-state index < -0.39 is 0 Å². The number of nitrogens with zero attached hydrogens (tertiary/aromatic N) is 4. The molecule has 0 bridgehead atoms. The van der Waals surface area contributed by atoms with Crippen molar-refractivity contribution in [2.45, 2.75) is 38.3 Å². The first-order chi connectivity index (χ1) is 16.1. The summed E-state index contributed by atoms with van der Waals surface area (Å²) in [6.45, 7) is 6.12. The minimum Gasteiger partial charge on any atom is -0.372 e. The van der Waals surface area contributed by atoms with E-state index in [9.17, 15) is 4.79 Å². The molecule has 1 atom stereocenters. The molecule has 0 radical (unpaired) electrons. The van der Waals surface area contributed by atoms with E-state index in [4.69, 9.17) is 21.7 Å². The second-order valence-electron chi connectivity index (χ2n) is 9.29. The number of aromatic nitrogens is 2. The van der Waals surface area contributed by atoms with Crippen molar-refractivity contribution in [1.29, 1.82) is 5.41 Å². The van der Waals surface area contributed by atoms with Gasteiger partial charge in [-0.2, -0.15) is 5.10 Å². The van der Waals surface area contributed by atoms with Crippen molar-refractivity contribution in [3.63, 3.8) is 0 Å². The zero-order chi connectivity index (χ0) is 22.9. The first-order valence-electron chi connectivity index (χ1n) is 11.8. The van der Waals surface area contributed by atoms with Crippen LogP contribution in [0.4, 0.5) is 17.1 Å². The van der Waals surface area contributed by atoms with Crippen LogP contribution < -0.4 is 10.2 Å². The first-order valence-corrected chi connectivity index (χ1v) is 12.2. The minimum absolute atomic E-state index is 0.111. The van der Waals surface area contributed by atoms with E-state index in [1.165, 1.54) is 25.5 Å². The predicted molar refractivity (Wildman–Crippen MR) is 130 cm³/mol. The van der Waals surface area contributed by atoms with Crippen LogP contribution in [0.15, 0.2) is 24.5 Å². The molecule has 1 saturated carbocycles. The first kappa shape index (κ1) is 22.4. The third-order valence-corrected chi connectivity index (χ3v) is 7.61. The fraction of sp³-hybridized carbons (Fsp3) is 0.542. The highest BCUT2D eigenvalue weighted by Gasteiger charge is 2.33. The van der Waals surface area contributed by atoms with Gasteiger partial charge in [0.1, 0.15) is 6.61 Å². The molecular formula is C24H31ClN6O2. The summed E-state index contributed by atoms with van der Waals surface area (Å²) in [5.41, 5.74) is 3.43. The maximum absolute atomic E-state index is 12.0. The molecule has 1 aromatic carbocycles. The van der Waals surface area contributed by atoms with Crippen LogP contribution >= 0.6 is 11.6 Å². The summed E-state index contributed by atoms with van der Waals surface area (Å²) >= 11 is 6.63. The minimum atomic E-state index is -0.111. The quantitative estimate of drug-likeness (QED) is 0.599. The smallest absolute Gasteiger partial charge is 0.177 e. The lowest BCUT2D eigenvalue weighted by Gasteiger charge is -2.38. The number of rotatable bonds is 7. The summed E-state index contributed by atoms with van der Waals surface area (Å²) in [7, 11) is 0. The molecule has 3 fully saturated rings. The lowest BCUT2D eigenvalue weighted by atomic mass is 9.79. The molecule has 1 aliphatic carbocycles. The molecule has 3 aliphatic rings. The third-order valence-electron chi connectivity index (χ3n) is 7.30. The van der Waals surface area contributed by atoms with Crippen molar-refractivity contribution in [2.75, 3.05) is 49.6 Å². The van der Waals surface area contributed by atoms with Gasteiger partial charge in [-0.25, -0.2) is 0 Å². The summed E-state index contributed by atoms with van der Waals surface area (Å²) < 4.78 is 7.39. The van der Waals surface area contributed by atoms with Crippen LogP contribution in [0.3, 0.4) is 0 Å². The summed E-state index contributed by atoms with van der Waals surface area (Å²) in [5, 5.41) is 16.5. The van der Waals surface area contributed by atoms with Gasteiger partial charge in [-0.3, -0.25) is 14.4 Å². The van der Waals surface area contributed by atoms with Gasteiger partial charge in [-0.1, -0.05) is 24.9 Å². The Labute approximate surface area is 199 Å². The Balaban J connectivity index is 1.29. The number of hydrogen-bond acceptors (Lipinski definition) is 7. The second-order valence-corrected chi connectivity index (χ2v) is 9.70. The van der Waals surface area contributed by atoms with Gasteiger partial charge in [0.05, 0.1) is 41.3 Å². The van der Waals surface area contributed by atoms with Gasteiger partial charge in [-0.05, 0) is 30.9 Å². The highest BCUT2D eigenvalue weighted by Crippen LogP contribution is 2.40. The predicted octanol–water partition coefficient (Wildman–Crippen LogP) is 3.73. The highest BCUT2D eigenvalue weighted by atomic mass is 35.5. The fourth-order valence-corrected chi connectivity index (χ4v) is 5.39. The van der Waals surface area contributed by atoms with Crippen molar-refractivity contribution in [3.05, 3.63) is 35.1 Å². The maximum Gasteiger partial charge on any atom is 0.177 e. The molecule has 176 valence electrons. The number of ether oxygens (including phenoxy) is 1. The number of anilines is 3. The van der Waals surface area contributed by atoms with Gasteiger partial charge in [0.15, 0.2) is 5.78 Å². The number of carbonyl (C=O) groups excluding carboxylic acids is 1. The Morgan fingerprint density at radius 3 is 2.73 bits per heavy atom. The Morgan fingerprint density at radius 1 is 1.27 bits per heavy atom. The lowest BCUT2D eigenvalue weighted by Crippen LogP contribution is -2.52. The topological polar surface area (TPSA) is 86.5 Å². The van der Waals surface area contributed by atoms with E-state index in [1.54, 1.807) is 0 Å². The molecule has 9 heteroatoms. The molecule has 2 aromatic rings. The van der Waals surface area contributed by atoms with Crippen LogP contribution in [-0.4, -0.2) is 72.1 Å². The average molecular weight is 471 g/mol. The summed E-state index contributed by atoms with van der Waals surface area (Å²) in [5.74, 6) is 0.995. The van der Waals surface area contributed by atoms with Crippen LogP contribution in [0.25, 0.3) is 0 Å². The van der Waals surface area contributed by atoms with E-state index in [-0.39, 0.29) is 18.4 Å². The summed E-state index contributed by atoms with van der Waals surface area (Å²) in [6.07, 6.45) is 8.85. The van der Waals surface area contributed by atoms with Crippen LogP contribution in [0, 0.1) is 11.3 Å². The zero-order valence-corrected chi connectivity index (χ0v) is 19.7. The lowest BCUT2D eigenvalue weighted by molar-refractivity contribution is -0.121. The van der Waals surface area contributed by atoms with E-state index >= 15 is 0 Å². The third kappa shape index (κ3) is 4.52. The van der Waals surface area contributed by atoms with Crippen molar-refractivity contribution >= 4 is 40.7 Å². The molecule has 2 N–H and O–H groups in total. The average Bonchev–Trinajstić information content (AvgIpc) is 3.43. The Kier molecular flexibility index (Phi) is 6.40. The normalized spacial score (nSPS) is 25.8. The van der Waals surface area contributed by atoms with Gasteiger partial charge in [0, 0.05) is 49.8 Å². The molecule has 1 unspecified atom stereocenters. The maximum atomic E-state index is 12.0. The van der Waals surface area contributed by atoms with Gasteiger partial charge >= 0.3 is 0 Å². The van der Waals surface area contributed by atoms with Crippen molar-refractivity contribution in [2.24, 2.45) is 5.92 Å². The van der Waals surface area contributed by atoms with Gasteiger partial charge in [0.2, 0.25) is 0 Å². The van der Waals surface area contributed by atoms with Crippen LogP contribution in [-0.2, 0) is 9.53 Å². The van der Waals surface area contributed by atoms with E-state index in [1.807, 2.05) is 18.3 Å². The van der Waals surface area contributed by atoms with Crippen LogP contribution in [0.1, 0.15) is 37.8 Å². The molecule has 0 spiro atoms. The molecule has 33 heavy (non-hydrogen) atoms. The standard InChI is InChI=1S/C24H31ClN6O2/c1-2-16-7-19(8-16)31-13-18(12-27-31)28-21-10-22(20(25)9-17(21)11-26)29-3-5-30(6-4-29)23-14-33-15-24(23)32/h9-13,16,19,23,26,28H,2-8,14-15H2,1H3. The number of hydrogen-bond donors (Lipinski definition) is 2. The molecule has 3 heterocycles. The fourth-order valence-electron chi connectivity index (χ4n) is 5.10. The van der Waals surface area contributed by atoms with Crippen molar-refractivity contribution < 1.29 is 9.53 Å². The number of ketones is 1. The molecule has 1 aromatic heterocycles. The van der Waals surface area contributed by atoms with E-state index in [0.717, 1.165) is 54.7 Å². The molecule has 8 nitrogen and oxygen atoms in total. The highest BCUT2D eigenvalue weighted by molar-refractivity contribution is 6.33. The van der Waals surface area contributed by atoms with Crippen molar-refractivity contribution in [1.82, 2.24) is 14.7 Å². The monoisotopic (exact) mass is 470 g/mol. The number of carbonyl (C=O) groups is 1. The molecular weight excluding hydrogens is 440 g/mol. The van der Waals surface area contributed by atoms with Gasteiger partial charge in [0.25, 0.3) is 0 Å². The largest absolute Gasteiger partial charge is 0.372 e. The van der Waals surface area contributed by atoms with Crippen molar-refractivity contribution in [3.8, 4) is 0 Å². The molecule has 2 saturated heterocycles. The van der Waals surface area contributed by atoms with Gasteiger partial charge < -0.3 is 20.4 Å². The second kappa shape index (κ2) is 9.44. The van der Waals surface area contributed by atoms with E-state index in [2.05, 4.69) is 38.0 Å². The Bertz CT molecular complexity index is 1030. The number of Topliss-reactive ketones (excluding diaryl/α,β-unsaturated/α-hetero) is 1. The molecule has 0 amide bonds. The molecule has 2 aliphatic heterocycles. The number of benzene rings is 1. The van der Waals surface area contributed by atoms with E-state index in [0.29, 0.717) is 17.7 Å². The SMILES string of the molecule is CCC1CC(n2cc(Nc3cc(N4CCN(C5COCC5=O)CC4)c(Cl)cc3C=N)cn2)C1. The molecule has 5 rings (SSSR count). The van der Waals surface area contributed by atoms with Crippen LogP contribution in [0.2, 0.25) is 5.02 Å². The number of nitrogens with one attached hydrogen (secondary N) is 2. The Hall–Kier alpha value is -2.42. The Morgan fingerprint density at radius 2 is 2.06 bits per heavy atom. The number of piperazine rings is 1. The zero-order valence-electron chi connectivity index (χ0n) is 19.0. The van der Waals surface area contributed by atoms with Crippen LogP contribution in [0.5, 0.6) is 0 Å². The summed E-state index contributed by atoms with van der Waals surface area (Å²) in [4.78, 5) is 16.5. The summed E-state index contributed by atoms with van der Waals surface area (Å²) in [6, 6.07) is 4.24. The number of halogens is 1.